The summed E-state index contributed by atoms with van der Waals surface area (Å²) >= 11 is 0. The van der Waals surface area contributed by atoms with Gasteiger partial charge in [0.1, 0.15) is 12.3 Å². The second kappa shape index (κ2) is 8.22. The van der Waals surface area contributed by atoms with E-state index < -0.39 is 5.76 Å². The molecule has 0 atom stereocenters. The van der Waals surface area contributed by atoms with Gasteiger partial charge in [0.25, 0.3) is 0 Å². The summed E-state index contributed by atoms with van der Waals surface area (Å²) in [5, 5.41) is 4.16. The molecule has 1 aromatic heterocycles. The van der Waals surface area contributed by atoms with E-state index in [1.54, 1.807) is 24.1 Å². The second-order valence-electron chi connectivity index (χ2n) is 6.76. The lowest BCUT2D eigenvalue weighted by atomic mass is 10.2. The molecule has 0 bridgehead atoms. The van der Waals surface area contributed by atoms with E-state index in [4.69, 9.17) is 9.15 Å². The third kappa shape index (κ3) is 4.16. The third-order valence-corrected chi connectivity index (χ3v) is 4.98. The summed E-state index contributed by atoms with van der Waals surface area (Å²) in [6.07, 6.45) is 0. The van der Waals surface area contributed by atoms with Gasteiger partial charge >= 0.3 is 5.76 Å². The minimum Gasteiger partial charge on any atom is -0.497 e. The molecule has 1 fully saturated rings. The molecule has 1 aliphatic rings. The number of carbonyl (C=O) groups is 1. The molecule has 0 N–H and O–H groups in total. The van der Waals surface area contributed by atoms with Gasteiger partial charge in [-0.15, -0.1) is 5.10 Å². The Hall–Kier alpha value is -3.55. The Bertz CT molecular complexity index is 1020. The Kier molecular flexibility index (Phi) is 5.33. The van der Waals surface area contributed by atoms with Crippen molar-refractivity contribution in [3.8, 4) is 17.2 Å². The minimum atomic E-state index is -0.630. The zero-order valence-electron chi connectivity index (χ0n) is 16.2. The fraction of sp³-hybridized carbons (Fsp3) is 0.286. The number of amides is 1. The second-order valence-corrected chi connectivity index (χ2v) is 6.76. The van der Waals surface area contributed by atoms with Crippen molar-refractivity contribution in [3.63, 3.8) is 0 Å². The molecule has 29 heavy (non-hydrogen) atoms. The smallest absolute Gasteiger partial charge is 0.437 e. The summed E-state index contributed by atoms with van der Waals surface area (Å²) in [5.74, 6) is 0.256. The molecule has 0 spiro atoms. The zero-order valence-corrected chi connectivity index (χ0v) is 16.2. The van der Waals surface area contributed by atoms with Crippen LogP contribution in [0.1, 0.15) is 0 Å². The van der Waals surface area contributed by atoms with Crippen molar-refractivity contribution in [2.45, 2.75) is 6.54 Å². The lowest BCUT2D eigenvalue weighted by Gasteiger charge is -2.36. The standard InChI is InChI=1S/C21H22N4O4/c1-28-18-9-7-17(8-10-18)23-11-13-24(14-12-23)19(26)15-25-21(27)29-20(22-25)16-5-3-2-4-6-16/h2-10H,11-15H2,1H3. The van der Waals surface area contributed by atoms with E-state index in [1.807, 2.05) is 42.5 Å². The number of benzene rings is 2. The number of carbonyl (C=O) groups excluding carboxylic acids is 1. The van der Waals surface area contributed by atoms with Crippen molar-refractivity contribution < 1.29 is 13.9 Å². The van der Waals surface area contributed by atoms with Crippen LogP contribution >= 0.6 is 0 Å². The molecule has 0 aliphatic carbocycles. The average molecular weight is 394 g/mol. The van der Waals surface area contributed by atoms with Crippen LogP contribution in [0.2, 0.25) is 0 Å². The Labute approximate surface area is 167 Å². The maximum absolute atomic E-state index is 12.6. The fourth-order valence-electron chi connectivity index (χ4n) is 3.34. The van der Waals surface area contributed by atoms with Crippen LogP contribution in [-0.2, 0) is 11.3 Å². The molecule has 1 aliphatic heterocycles. The Balaban J connectivity index is 1.36. The van der Waals surface area contributed by atoms with Crippen molar-refractivity contribution >= 4 is 11.6 Å². The molecule has 0 radical (unpaired) electrons. The zero-order chi connectivity index (χ0) is 20.2. The highest BCUT2D eigenvalue weighted by molar-refractivity contribution is 5.76. The van der Waals surface area contributed by atoms with Crippen LogP contribution in [0.25, 0.3) is 11.5 Å². The molecule has 3 aromatic rings. The molecule has 8 nitrogen and oxygen atoms in total. The van der Waals surface area contributed by atoms with Gasteiger partial charge < -0.3 is 19.0 Å². The van der Waals surface area contributed by atoms with Crippen LogP contribution in [-0.4, -0.2) is 53.9 Å². The van der Waals surface area contributed by atoms with E-state index in [1.165, 1.54) is 0 Å². The van der Waals surface area contributed by atoms with E-state index in [-0.39, 0.29) is 18.3 Å². The van der Waals surface area contributed by atoms with Crippen LogP contribution in [0, 0.1) is 0 Å². The van der Waals surface area contributed by atoms with Crippen molar-refractivity contribution in [1.82, 2.24) is 14.7 Å². The molecule has 1 amide bonds. The number of nitrogens with zero attached hydrogens (tertiary/aromatic N) is 4. The SMILES string of the molecule is COc1ccc(N2CCN(C(=O)Cn3nc(-c4ccccc4)oc3=O)CC2)cc1. The predicted octanol–water partition coefficient (Wildman–Crippen LogP) is 1.86. The summed E-state index contributed by atoms with van der Waals surface area (Å²) in [6.45, 7) is 2.49. The van der Waals surface area contributed by atoms with Crippen LogP contribution in [0.4, 0.5) is 5.69 Å². The van der Waals surface area contributed by atoms with Gasteiger partial charge in [0, 0.05) is 37.4 Å². The molecule has 8 heteroatoms. The molecule has 2 aromatic carbocycles. The van der Waals surface area contributed by atoms with E-state index in [2.05, 4.69) is 10.00 Å². The van der Waals surface area contributed by atoms with E-state index in [0.717, 1.165) is 29.2 Å². The molecule has 4 rings (SSSR count). The molecule has 0 unspecified atom stereocenters. The van der Waals surface area contributed by atoms with Gasteiger partial charge in [-0.25, -0.2) is 4.79 Å². The molecular weight excluding hydrogens is 372 g/mol. The van der Waals surface area contributed by atoms with Crippen molar-refractivity contribution in [3.05, 3.63) is 65.1 Å². The molecule has 150 valence electrons. The van der Waals surface area contributed by atoms with Gasteiger partial charge in [-0.05, 0) is 36.4 Å². The fourth-order valence-corrected chi connectivity index (χ4v) is 3.34. The average Bonchev–Trinajstić information content (AvgIpc) is 3.14. The number of hydrogen-bond donors (Lipinski definition) is 0. The lowest BCUT2D eigenvalue weighted by Crippen LogP contribution is -2.50. The maximum atomic E-state index is 12.6. The van der Waals surface area contributed by atoms with Crippen molar-refractivity contribution in [2.24, 2.45) is 0 Å². The first-order valence-corrected chi connectivity index (χ1v) is 9.44. The predicted molar refractivity (Wildman–Crippen MR) is 108 cm³/mol. The number of piperazine rings is 1. The topological polar surface area (TPSA) is 80.8 Å². The first-order valence-electron chi connectivity index (χ1n) is 9.44. The van der Waals surface area contributed by atoms with Gasteiger partial charge in [0.2, 0.25) is 11.8 Å². The highest BCUT2D eigenvalue weighted by Crippen LogP contribution is 2.20. The first-order chi connectivity index (χ1) is 14.1. The molecule has 2 heterocycles. The third-order valence-electron chi connectivity index (χ3n) is 4.98. The van der Waals surface area contributed by atoms with Crippen molar-refractivity contribution in [2.75, 3.05) is 38.2 Å². The highest BCUT2D eigenvalue weighted by Gasteiger charge is 2.23. The molecule has 0 saturated carbocycles. The number of rotatable bonds is 5. The number of hydrogen-bond acceptors (Lipinski definition) is 6. The van der Waals surface area contributed by atoms with Gasteiger partial charge in [0.15, 0.2) is 0 Å². The molecule has 1 saturated heterocycles. The van der Waals surface area contributed by atoms with Gasteiger partial charge in [-0.3, -0.25) is 4.79 Å². The monoisotopic (exact) mass is 394 g/mol. The highest BCUT2D eigenvalue weighted by atomic mass is 16.5. The van der Waals surface area contributed by atoms with Gasteiger partial charge in [0.05, 0.1) is 7.11 Å². The van der Waals surface area contributed by atoms with E-state index in [9.17, 15) is 9.59 Å². The number of anilines is 1. The van der Waals surface area contributed by atoms with Crippen molar-refractivity contribution in [1.29, 1.82) is 0 Å². The van der Waals surface area contributed by atoms with E-state index >= 15 is 0 Å². The first kappa shape index (κ1) is 18.8. The van der Waals surface area contributed by atoms with E-state index in [0.29, 0.717) is 18.7 Å². The number of methoxy groups -OCH3 is 1. The summed E-state index contributed by atoms with van der Waals surface area (Å²) in [4.78, 5) is 28.7. The lowest BCUT2D eigenvalue weighted by molar-refractivity contribution is -0.132. The minimum absolute atomic E-state index is 0.127. The normalized spacial score (nSPS) is 14.1. The number of ether oxygens (including phenoxy) is 1. The van der Waals surface area contributed by atoms with Crippen LogP contribution in [0.15, 0.2) is 63.8 Å². The quantitative estimate of drug-likeness (QED) is 0.657. The summed E-state index contributed by atoms with van der Waals surface area (Å²) < 4.78 is 11.5. The number of aromatic nitrogens is 2. The Morgan fingerprint density at radius 3 is 2.38 bits per heavy atom. The Morgan fingerprint density at radius 2 is 1.72 bits per heavy atom. The molecular formula is C21H22N4O4. The van der Waals surface area contributed by atoms with Crippen LogP contribution in [0.5, 0.6) is 5.75 Å². The maximum Gasteiger partial charge on any atom is 0.437 e. The summed E-state index contributed by atoms with van der Waals surface area (Å²) in [6, 6.07) is 17.0. The van der Waals surface area contributed by atoms with Gasteiger partial charge in [-0.2, -0.15) is 4.68 Å². The summed E-state index contributed by atoms with van der Waals surface area (Å²) in [7, 11) is 1.64. The van der Waals surface area contributed by atoms with Gasteiger partial charge in [-0.1, -0.05) is 18.2 Å². The van der Waals surface area contributed by atoms with Crippen LogP contribution in [0.3, 0.4) is 0 Å². The summed E-state index contributed by atoms with van der Waals surface area (Å²) in [5.41, 5.74) is 1.79. The Morgan fingerprint density at radius 1 is 1.03 bits per heavy atom. The van der Waals surface area contributed by atoms with Crippen LogP contribution < -0.4 is 15.4 Å². The largest absolute Gasteiger partial charge is 0.497 e.